The van der Waals surface area contributed by atoms with Gasteiger partial charge in [0.15, 0.2) is 0 Å². The third-order valence-electron chi connectivity index (χ3n) is 5.84. The topological polar surface area (TPSA) is 71.6 Å². The molecule has 0 spiro atoms. The van der Waals surface area contributed by atoms with Crippen molar-refractivity contribution in [2.24, 2.45) is 5.92 Å². The smallest absolute Gasteiger partial charge is 0.228 e. The Bertz CT molecular complexity index is 716. The van der Waals surface area contributed by atoms with Gasteiger partial charge >= 0.3 is 0 Å². The summed E-state index contributed by atoms with van der Waals surface area (Å²) in [5.74, 6) is 1.48. The molecular formula is C20H27N3O3. The van der Waals surface area contributed by atoms with Gasteiger partial charge in [0, 0.05) is 37.1 Å². The summed E-state index contributed by atoms with van der Waals surface area (Å²) in [6.45, 7) is 5.18. The number of nitrogens with zero attached hydrogens (tertiary/aromatic N) is 3. The molecular weight excluding hydrogens is 330 g/mol. The van der Waals surface area contributed by atoms with Crippen LogP contribution in [0.3, 0.4) is 0 Å². The summed E-state index contributed by atoms with van der Waals surface area (Å²) in [6, 6.07) is 10.2. The average molecular weight is 357 g/mol. The first-order chi connectivity index (χ1) is 12.6. The Hall–Kier alpha value is -1.76. The highest BCUT2D eigenvalue weighted by molar-refractivity contribution is 5.53. The van der Waals surface area contributed by atoms with Gasteiger partial charge in [0.1, 0.15) is 0 Å². The van der Waals surface area contributed by atoms with Crippen molar-refractivity contribution in [1.29, 1.82) is 0 Å². The predicted molar refractivity (Wildman–Crippen MR) is 97.6 cm³/mol. The van der Waals surface area contributed by atoms with Crippen LogP contribution in [-0.4, -0.2) is 58.1 Å². The van der Waals surface area contributed by atoms with Crippen LogP contribution in [0.25, 0.3) is 11.4 Å². The standard InChI is InChI=1S/C20H27N3O3/c1-20(24)10-13-25-14-16(20)17-8-5-11-23(17)12-9-18-21-19(22-26-18)15-6-3-2-4-7-15/h2-4,6-7,16-17,24H,5,8-14H2,1H3. The molecule has 2 aromatic rings. The molecule has 1 N–H and O–H groups in total. The summed E-state index contributed by atoms with van der Waals surface area (Å²) >= 11 is 0. The minimum absolute atomic E-state index is 0.168. The molecule has 0 aliphatic carbocycles. The van der Waals surface area contributed by atoms with Gasteiger partial charge in [-0.1, -0.05) is 35.5 Å². The maximum atomic E-state index is 10.8. The van der Waals surface area contributed by atoms with E-state index in [4.69, 9.17) is 9.26 Å². The molecule has 1 aromatic heterocycles. The van der Waals surface area contributed by atoms with Crippen molar-refractivity contribution in [2.45, 2.75) is 44.2 Å². The molecule has 26 heavy (non-hydrogen) atoms. The zero-order valence-corrected chi connectivity index (χ0v) is 15.3. The monoisotopic (exact) mass is 357 g/mol. The predicted octanol–water partition coefficient (Wildman–Crippen LogP) is 2.53. The molecule has 3 heterocycles. The SMILES string of the molecule is CC1(O)CCOCC1C1CCCN1CCc1nc(-c2ccccc2)no1. The Balaban J connectivity index is 1.39. The highest BCUT2D eigenvalue weighted by Crippen LogP contribution is 2.35. The number of aromatic nitrogens is 2. The summed E-state index contributed by atoms with van der Waals surface area (Å²) in [5.41, 5.74) is 0.327. The van der Waals surface area contributed by atoms with E-state index in [0.717, 1.165) is 37.9 Å². The number of hydrogen-bond acceptors (Lipinski definition) is 6. The number of likely N-dealkylation sites (tertiary alicyclic amines) is 1. The molecule has 6 heteroatoms. The number of aliphatic hydroxyl groups is 1. The third-order valence-corrected chi connectivity index (χ3v) is 5.84. The van der Waals surface area contributed by atoms with E-state index >= 15 is 0 Å². The van der Waals surface area contributed by atoms with Crippen molar-refractivity contribution in [1.82, 2.24) is 15.0 Å². The Kier molecular flexibility index (Phi) is 5.07. The van der Waals surface area contributed by atoms with Crippen LogP contribution in [-0.2, 0) is 11.2 Å². The third kappa shape index (κ3) is 3.68. The lowest BCUT2D eigenvalue weighted by molar-refractivity contribution is -0.122. The molecule has 0 saturated carbocycles. The van der Waals surface area contributed by atoms with Crippen LogP contribution in [0.4, 0.5) is 0 Å². The number of benzene rings is 1. The maximum absolute atomic E-state index is 10.8. The molecule has 0 radical (unpaired) electrons. The summed E-state index contributed by atoms with van der Waals surface area (Å²) in [4.78, 5) is 6.99. The largest absolute Gasteiger partial charge is 0.390 e. The van der Waals surface area contributed by atoms with Gasteiger partial charge in [0.2, 0.25) is 11.7 Å². The van der Waals surface area contributed by atoms with Gasteiger partial charge in [-0.05, 0) is 32.7 Å². The van der Waals surface area contributed by atoms with Crippen LogP contribution in [0, 0.1) is 5.92 Å². The van der Waals surface area contributed by atoms with E-state index in [0.29, 0.717) is 37.4 Å². The minimum atomic E-state index is -0.642. The van der Waals surface area contributed by atoms with Crippen molar-refractivity contribution in [3.05, 3.63) is 36.2 Å². The fourth-order valence-electron chi connectivity index (χ4n) is 4.26. The summed E-state index contributed by atoms with van der Waals surface area (Å²) < 4.78 is 11.1. The molecule has 2 saturated heterocycles. The van der Waals surface area contributed by atoms with Gasteiger partial charge in [-0.15, -0.1) is 0 Å². The van der Waals surface area contributed by atoms with E-state index in [1.54, 1.807) is 0 Å². The molecule has 2 aliphatic rings. The molecule has 2 fully saturated rings. The number of ether oxygens (including phenoxy) is 1. The maximum Gasteiger partial charge on any atom is 0.228 e. The van der Waals surface area contributed by atoms with E-state index in [-0.39, 0.29) is 5.92 Å². The summed E-state index contributed by atoms with van der Waals surface area (Å²) in [6.07, 6.45) is 3.72. The van der Waals surface area contributed by atoms with Crippen LogP contribution < -0.4 is 0 Å². The first kappa shape index (κ1) is 17.6. The van der Waals surface area contributed by atoms with E-state index in [1.807, 2.05) is 37.3 Å². The molecule has 0 bridgehead atoms. The first-order valence-corrected chi connectivity index (χ1v) is 9.56. The van der Waals surface area contributed by atoms with Gasteiger partial charge in [0.05, 0.1) is 12.2 Å². The molecule has 3 atom stereocenters. The zero-order chi connectivity index (χ0) is 18.0. The van der Waals surface area contributed by atoms with Crippen molar-refractivity contribution < 1.29 is 14.4 Å². The van der Waals surface area contributed by atoms with Crippen LogP contribution in [0.15, 0.2) is 34.9 Å². The molecule has 3 unspecified atom stereocenters. The lowest BCUT2D eigenvalue weighted by Crippen LogP contribution is -2.52. The second kappa shape index (κ2) is 7.47. The van der Waals surface area contributed by atoms with E-state index in [2.05, 4.69) is 15.0 Å². The van der Waals surface area contributed by atoms with Gasteiger partial charge in [0.25, 0.3) is 0 Å². The lowest BCUT2D eigenvalue weighted by Gasteiger charge is -2.43. The van der Waals surface area contributed by atoms with Crippen molar-refractivity contribution in [3.8, 4) is 11.4 Å². The molecule has 4 rings (SSSR count). The number of hydrogen-bond donors (Lipinski definition) is 1. The summed E-state index contributed by atoms with van der Waals surface area (Å²) in [5, 5.41) is 14.9. The Labute approximate surface area is 154 Å². The molecule has 0 amide bonds. The van der Waals surface area contributed by atoms with Crippen molar-refractivity contribution in [3.63, 3.8) is 0 Å². The quantitative estimate of drug-likeness (QED) is 0.887. The first-order valence-electron chi connectivity index (χ1n) is 9.56. The minimum Gasteiger partial charge on any atom is -0.390 e. The lowest BCUT2D eigenvalue weighted by atomic mass is 9.79. The molecule has 1 aromatic carbocycles. The van der Waals surface area contributed by atoms with Crippen LogP contribution >= 0.6 is 0 Å². The van der Waals surface area contributed by atoms with Crippen LogP contribution in [0.5, 0.6) is 0 Å². The molecule has 140 valence electrons. The van der Waals surface area contributed by atoms with Crippen LogP contribution in [0.2, 0.25) is 0 Å². The van der Waals surface area contributed by atoms with Crippen molar-refractivity contribution in [2.75, 3.05) is 26.3 Å². The van der Waals surface area contributed by atoms with E-state index < -0.39 is 5.60 Å². The fourth-order valence-corrected chi connectivity index (χ4v) is 4.26. The van der Waals surface area contributed by atoms with Gasteiger partial charge in [-0.2, -0.15) is 4.98 Å². The molecule has 2 aliphatic heterocycles. The zero-order valence-electron chi connectivity index (χ0n) is 15.3. The number of rotatable bonds is 5. The van der Waals surface area contributed by atoms with Gasteiger partial charge in [-0.3, -0.25) is 4.90 Å². The Morgan fingerprint density at radius 2 is 2.15 bits per heavy atom. The Morgan fingerprint density at radius 1 is 1.31 bits per heavy atom. The Morgan fingerprint density at radius 3 is 2.96 bits per heavy atom. The second-order valence-electron chi connectivity index (χ2n) is 7.66. The fraction of sp³-hybridized carbons (Fsp3) is 0.600. The second-order valence-corrected chi connectivity index (χ2v) is 7.66. The van der Waals surface area contributed by atoms with Gasteiger partial charge in [-0.25, -0.2) is 0 Å². The van der Waals surface area contributed by atoms with Crippen molar-refractivity contribution >= 4 is 0 Å². The van der Waals surface area contributed by atoms with Crippen LogP contribution in [0.1, 0.15) is 32.1 Å². The van der Waals surface area contributed by atoms with E-state index in [9.17, 15) is 5.11 Å². The van der Waals surface area contributed by atoms with E-state index in [1.165, 1.54) is 0 Å². The van der Waals surface area contributed by atoms with Gasteiger partial charge < -0.3 is 14.4 Å². The summed E-state index contributed by atoms with van der Waals surface area (Å²) in [7, 11) is 0. The average Bonchev–Trinajstić information content (AvgIpc) is 3.30. The normalized spacial score (nSPS) is 29.9. The molecule has 6 nitrogen and oxygen atoms in total. The highest BCUT2D eigenvalue weighted by Gasteiger charge is 2.43. The highest BCUT2D eigenvalue weighted by atomic mass is 16.5.